The maximum absolute atomic E-state index is 5.16. The van der Waals surface area contributed by atoms with Gasteiger partial charge in [-0.3, -0.25) is 4.99 Å². The van der Waals surface area contributed by atoms with Gasteiger partial charge in [-0.05, 0) is 68.1 Å². The normalized spacial score (nSPS) is 16.0. The van der Waals surface area contributed by atoms with E-state index in [0.29, 0.717) is 0 Å². The standard InChI is InChI=1S/C27H32N2S/c1-30-24-16-14-23(15-17-24)27(26-13-8-11-22-10-4-5-12-25(22)26)28-18-9-21-29-19-6-2-3-7-20-29/h4-5,8,10-17H,2-3,6-7,9,18-21H2,1H3. The van der Waals surface area contributed by atoms with E-state index in [1.54, 1.807) is 11.8 Å². The van der Waals surface area contributed by atoms with E-state index in [1.807, 2.05) is 0 Å². The fraction of sp³-hybridized carbons (Fsp3) is 0.370. The van der Waals surface area contributed by atoms with Crippen molar-refractivity contribution in [3.05, 3.63) is 77.9 Å². The van der Waals surface area contributed by atoms with Crippen LogP contribution in [0, 0.1) is 0 Å². The van der Waals surface area contributed by atoms with Crippen LogP contribution in [-0.2, 0) is 0 Å². The van der Waals surface area contributed by atoms with Gasteiger partial charge in [-0.25, -0.2) is 0 Å². The zero-order valence-electron chi connectivity index (χ0n) is 18.0. The smallest absolute Gasteiger partial charge is 0.0725 e. The second-order valence-corrected chi connectivity index (χ2v) is 8.97. The summed E-state index contributed by atoms with van der Waals surface area (Å²) in [6.45, 7) is 4.56. The summed E-state index contributed by atoms with van der Waals surface area (Å²) in [7, 11) is 0. The molecule has 0 amide bonds. The van der Waals surface area contributed by atoms with E-state index in [2.05, 4.69) is 77.9 Å². The molecule has 0 saturated carbocycles. The Morgan fingerprint density at radius 2 is 1.60 bits per heavy atom. The van der Waals surface area contributed by atoms with Gasteiger partial charge in [0.25, 0.3) is 0 Å². The SMILES string of the molecule is CSc1ccc(C(=NCCCN2CCCCCC2)c2cccc3ccccc23)cc1. The highest BCUT2D eigenvalue weighted by molar-refractivity contribution is 7.98. The van der Waals surface area contributed by atoms with Crippen LogP contribution in [0.5, 0.6) is 0 Å². The number of thioether (sulfide) groups is 1. The number of hydrogen-bond acceptors (Lipinski definition) is 3. The molecule has 0 aromatic heterocycles. The second-order valence-electron chi connectivity index (χ2n) is 8.09. The van der Waals surface area contributed by atoms with Crippen LogP contribution < -0.4 is 0 Å². The first-order chi connectivity index (χ1) is 14.8. The molecule has 0 bridgehead atoms. The lowest BCUT2D eigenvalue weighted by molar-refractivity contribution is 0.283. The van der Waals surface area contributed by atoms with E-state index < -0.39 is 0 Å². The van der Waals surface area contributed by atoms with Gasteiger partial charge in [0.1, 0.15) is 0 Å². The molecular formula is C27H32N2S. The molecule has 0 atom stereocenters. The average molecular weight is 417 g/mol. The minimum Gasteiger partial charge on any atom is -0.303 e. The van der Waals surface area contributed by atoms with Crippen molar-refractivity contribution < 1.29 is 0 Å². The lowest BCUT2D eigenvalue weighted by Crippen LogP contribution is -2.26. The van der Waals surface area contributed by atoms with E-state index in [-0.39, 0.29) is 0 Å². The maximum Gasteiger partial charge on any atom is 0.0725 e. The lowest BCUT2D eigenvalue weighted by atomic mass is 9.96. The molecule has 0 spiro atoms. The number of hydrogen-bond donors (Lipinski definition) is 0. The summed E-state index contributed by atoms with van der Waals surface area (Å²) in [5.41, 5.74) is 3.56. The fourth-order valence-corrected chi connectivity index (χ4v) is 4.77. The fourth-order valence-electron chi connectivity index (χ4n) is 4.36. The molecule has 4 rings (SSSR count). The van der Waals surface area contributed by atoms with Crippen molar-refractivity contribution >= 4 is 28.2 Å². The highest BCUT2D eigenvalue weighted by Gasteiger charge is 2.12. The van der Waals surface area contributed by atoms with E-state index >= 15 is 0 Å². The Kier molecular flexibility index (Phi) is 7.60. The van der Waals surface area contributed by atoms with Crippen LogP contribution in [0.25, 0.3) is 10.8 Å². The first kappa shape index (κ1) is 21.1. The molecule has 3 aromatic rings. The number of fused-ring (bicyclic) bond motifs is 1. The Balaban J connectivity index is 1.59. The van der Waals surface area contributed by atoms with Crippen molar-refractivity contribution in [2.75, 3.05) is 32.4 Å². The molecule has 156 valence electrons. The zero-order chi connectivity index (χ0) is 20.6. The van der Waals surface area contributed by atoms with Crippen molar-refractivity contribution in [1.82, 2.24) is 4.90 Å². The van der Waals surface area contributed by atoms with Crippen LogP contribution in [0.15, 0.2) is 76.6 Å². The number of aliphatic imine (C=N–C) groups is 1. The van der Waals surface area contributed by atoms with E-state index in [0.717, 1.165) is 25.2 Å². The van der Waals surface area contributed by atoms with Crippen molar-refractivity contribution in [1.29, 1.82) is 0 Å². The lowest BCUT2D eigenvalue weighted by Gasteiger charge is -2.19. The van der Waals surface area contributed by atoms with Crippen LogP contribution in [0.4, 0.5) is 0 Å². The van der Waals surface area contributed by atoms with Gasteiger partial charge in [0.05, 0.1) is 5.71 Å². The summed E-state index contributed by atoms with van der Waals surface area (Å²) in [5, 5.41) is 2.55. The molecule has 3 heteroatoms. The maximum atomic E-state index is 5.16. The van der Waals surface area contributed by atoms with E-state index in [1.165, 1.54) is 65.6 Å². The van der Waals surface area contributed by atoms with Gasteiger partial charge in [-0.1, -0.05) is 67.4 Å². The quantitative estimate of drug-likeness (QED) is 0.243. The van der Waals surface area contributed by atoms with Crippen LogP contribution in [0.2, 0.25) is 0 Å². The van der Waals surface area contributed by atoms with Gasteiger partial charge in [-0.15, -0.1) is 11.8 Å². The van der Waals surface area contributed by atoms with Crippen LogP contribution in [0.1, 0.15) is 43.2 Å². The monoisotopic (exact) mass is 416 g/mol. The van der Waals surface area contributed by atoms with E-state index in [4.69, 9.17) is 4.99 Å². The van der Waals surface area contributed by atoms with Gasteiger partial charge >= 0.3 is 0 Å². The van der Waals surface area contributed by atoms with Crippen molar-refractivity contribution in [3.63, 3.8) is 0 Å². The van der Waals surface area contributed by atoms with Gasteiger partial charge < -0.3 is 4.90 Å². The first-order valence-electron chi connectivity index (χ1n) is 11.2. The molecule has 1 heterocycles. The third-order valence-corrected chi connectivity index (χ3v) is 6.75. The first-order valence-corrected chi connectivity index (χ1v) is 12.5. The molecule has 1 aliphatic heterocycles. The molecule has 0 N–H and O–H groups in total. The van der Waals surface area contributed by atoms with Gasteiger partial charge in [0.2, 0.25) is 0 Å². The molecule has 2 nitrogen and oxygen atoms in total. The molecule has 30 heavy (non-hydrogen) atoms. The predicted octanol–water partition coefficient (Wildman–Crippen LogP) is 6.67. The Morgan fingerprint density at radius 1 is 0.867 bits per heavy atom. The molecule has 3 aromatic carbocycles. The highest BCUT2D eigenvalue weighted by atomic mass is 32.2. The van der Waals surface area contributed by atoms with Crippen molar-refractivity contribution in [3.8, 4) is 0 Å². The Labute approximate surface area is 185 Å². The molecule has 0 aliphatic carbocycles. The predicted molar refractivity (Wildman–Crippen MR) is 132 cm³/mol. The zero-order valence-corrected chi connectivity index (χ0v) is 18.8. The largest absolute Gasteiger partial charge is 0.303 e. The Morgan fingerprint density at radius 3 is 2.37 bits per heavy atom. The van der Waals surface area contributed by atoms with Crippen molar-refractivity contribution in [2.45, 2.75) is 37.0 Å². The van der Waals surface area contributed by atoms with Crippen LogP contribution in [0.3, 0.4) is 0 Å². The summed E-state index contributed by atoms with van der Waals surface area (Å²) < 4.78 is 0. The minimum atomic E-state index is 0.874. The minimum absolute atomic E-state index is 0.874. The van der Waals surface area contributed by atoms with Gasteiger partial charge in [-0.2, -0.15) is 0 Å². The summed E-state index contributed by atoms with van der Waals surface area (Å²) >= 11 is 1.78. The topological polar surface area (TPSA) is 15.6 Å². The molecule has 1 aliphatic rings. The van der Waals surface area contributed by atoms with E-state index in [9.17, 15) is 0 Å². The molecule has 1 fully saturated rings. The number of nitrogens with zero attached hydrogens (tertiary/aromatic N) is 2. The van der Waals surface area contributed by atoms with Gasteiger partial charge in [0, 0.05) is 22.6 Å². The summed E-state index contributed by atoms with van der Waals surface area (Å²) in [6, 6.07) is 24.1. The number of likely N-dealkylation sites (tertiary alicyclic amines) is 1. The third kappa shape index (κ3) is 5.33. The molecule has 0 unspecified atom stereocenters. The highest BCUT2D eigenvalue weighted by Crippen LogP contribution is 2.24. The Bertz CT molecular complexity index is 964. The molecule has 1 saturated heterocycles. The number of rotatable bonds is 7. The average Bonchev–Trinajstić information content (AvgIpc) is 3.08. The summed E-state index contributed by atoms with van der Waals surface area (Å²) in [6.07, 6.45) is 8.74. The number of benzene rings is 3. The molecule has 0 radical (unpaired) electrons. The summed E-state index contributed by atoms with van der Waals surface area (Å²) in [5.74, 6) is 0. The summed E-state index contributed by atoms with van der Waals surface area (Å²) in [4.78, 5) is 9.08. The van der Waals surface area contributed by atoms with Crippen molar-refractivity contribution in [2.24, 2.45) is 4.99 Å². The Hall–Kier alpha value is -2.10. The van der Waals surface area contributed by atoms with Crippen LogP contribution in [-0.4, -0.2) is 43.0 Å². The molecular weight excluding hydrogens is 384 g/mol. The van der Waals surface area contributed by atoms with Crippen LogP contribution >= 0.6 is 11.8 Å². The second kappa shape index (κ2) is 10.8. The third-order valence-electron chi connectivity index (χ3n) is 6.01. The van der Waals surface area contributed by atoms with Gasteiger partial charge in [0.15, 0.2) is 0 Å².